The average Bonchev–Trinajstić information content (AvgIpc) is 3.24. The smallest absolute Gasteiger partial charge is 0.124 e. The molecule has 19 heavy (non-hydrogen) atoms. The molecule has 0 radical (unpaired) electrons. The molecule has 3 heteroatoms. The normalized spacial score (nSPS) is 27.8. The van der Waals surface area contributed by atoms with Gasteiger partial charge in [0.1, 0.15) is 5.75 Å². The van der Waals surface area contributed by atoms with Crippen LogP contribution in [0.5, 0.6) is 5.75 Å². The number of benzene rings is 1. The largest absolute Gasteiger partial charge is 0.493 e. The van der Waals surface area contributed by atoms with Gasteiger partial charge in [0.2, 0.25) is 0 Å². The van der Waals surface area contributed by atoms with E-state index in [9.17, 15) is 0 Å². The number of hydrogen-bond donors (Lipinski definition) is 1. The highest BCUT2D eigenvalue weighted by molar-refractivity contribution is 5.38. The maximum Gasteiger partial charge on any atom is 0.124 e. The average molecular weight is 260 g/mol. The summed E-state index contributed by atoms with van der Waals surface area (Å²) in [6, 6.07) is 9.38. The van der Waals surface area contributed by atoms with Crippen molar-refractivity contribution in [1.82, 2.24) is 4.90 Å². The van der Waals surface area contributed by atoms with Gasteiger partial charge in [-0.1, -0.05) is 25.1 Å². The first kappa shape index (κ1) is 12.9. The molecule has 1 aromatic carbocycles. The Labute approximate surface area is 115 Å². The van der Waals surface area contributed by atoms with Crippen molar-refractivity contribution < 1.29 is 4.74 Å². The van der Waals surface area contributed by atoms with Crippen LogP contribution in [0.1, 0.15) is 31.4 Å². The quantitative estimate of drug-likeness (QED) is 0.903. The molecule has 3 atom stereocenters. The number of nitrogens with two attached hydrogens (primary N) is 1. The van der Waals surface area contributed by atoms with Gasteiger partial charge in [-0.25, -0.2) is 0 Å². The second-order valence-electron chi connectivity index (χ2n) is 6.08. The molecule has 2 aliphatic rings. The lowest BCUT2D eigenvalue weighted by atomic mass is 9.89. The van der Waals surface area contributed by atoms with E-state index < -0.39 is 0 Å². The molecule has 1 saturated carbocycles. The van der Waals surface area contributed by atoms with Gasteiger partial charge in [-0.05, 0) is 31.9 Å². The van der Waals surface area contributed by atoms with E-state index in [4.69, 9.17) is 10.5 Å². The third-order valence-corrected chi connectivity index (χ3v) is 4.65. The fourth-order valence-electron chi connectivity index (χ4n) is 3.47. The number of nitrogens with zero attached hydrogens (tertiary/aromatic N) is 1. The summed E-state index contributed by atoms with van der Waals surface area (Å²) in [6.45, 7) is 3.83. The first-order valence-corrected chi connectivity index (χ1v) is 7.36. The van der Waals surface area contributed by atoms with Crippen LogP contribution in [-0.4, -0.2) is 31.1 Å². The van der Waals surface area contributed by atoms with E-state index >= 15 is 0 Å². The van der Waals surface area contributed by atoms with Crippen molar-refractivity contribution in [2.75, 3.05) is 20.2 Å². The molecule has 0 saturated heterocycles. The van der Waals surface area contributed by atoms with Crippen LogP contribution in [0.4, 0.5) is 0 Å². The SMILES string of the molecule is CC1COc2ccccc2C1N(C)C(CN)C1CC1. The first-order valence-electron chi connectivity index (χ1n) is 7.36. The Morgan fingerprint density at radius 1 is 1.37 bits per heavy atom. The van der Waals surface area contributed by atoms with Gasteiger partial charge in [0.25, 0.3) is 0 Å². The molecule has 104 valence electrons. The molecular formula is C16H24N2O. The second-order valence-corrected chi connectivity index (χ2v) is 6.08. The highest BCUT2D eigenvalue weighted by atomic mass is 16.5. The van der Waals surface area contributed by atoms with Gasteiger partial charge in [0, 0.05) is 30.1 Å². The Morgan fingerprint density at radius 3 is 2.79 bits per heavy atom. The van der Waals surface area contributed by atoms with E-state index in [0.29, 0.717) is 18.0 Å². The summed E-state index contributed by atoms with van der Waals surface area (Å²) < 4.78 is 5.85. The molecule has 2 N–H and O–H groups in total. The number of ether oxygens (including phenoxy) is 1. The number of hydrogen-bond acceptors (Lipinski definition) is 3. The highest BCUT2D eigenvalue weighted by Gasteiger charge is 2.39. The van der Waals surface area contributed by atoms with Crippen LogP contribution in [-0.2, 0) is 0 Å². The third-order valence-electron chi connectivity index (χ3n) is 4.65. The Bertz CT molecular complexity index is 444. The zero-order valence-electron chi connectivity index (χ0n) is 11.9. The van der Waals surface area contributed by atoms with Gasteiger partial charge in [-0.3, -0.25) is 4.90 Å². The summed E-state index contributed by atoms with van der Waals surface area (Å²) in [5.41, 5.74) is 7.34. The molecule has 1 aromatic rings. The van der Waals surface area contributed by atoms with Crippen molar-refractivity contribution in [2.45, 2.75) is 31.8 Å². The Hall–Kier alpha value is -1.06. The summed E-state index contributed by atoms with van der Waals surface area (Å²) in [7, 11) is 2.24. The molecule has 1 fully saturated rings. The fraction of sp³-hybridized carbons (Fsp3) is 0.625. The van der Waals surface area contributed by atoms with Gasteiger partial charge >= 0.3 is 0 Å². The van der Waals surface area contributed by atoms with Gasteiger partial charge in [-0.15, -0.1) is 0 Å². The van der Waals surface area contributed by atoms with Gasteiger partial charge in [0.15, 0.2) is 0 Å². The summed E-state index contributed by atoms with van der Waals surface area (Å²) in [5, 5.41) is 0. The number of rotatable bonds is 4. The Morgan fingerprint density at radius 2 is 2.11 bits per heavy atom. The van der Waals surface area contributed by atoms with Gasteiger partial charge < -0.3 is 10.5 Å². The maximum absolute atomic E-state index is 6.01. The molecular weight excluding hydrogens is 236 g/mol. The topological polar surface area (TPSA) is 38.5 Å². The number of para-hydroxylation sites is 1. The zero-order chi connectivity index (χ0) is 13.4. The van der Waals surface area contributed by atoms with Crippen molar-refractivity contribution in [3.63, 3.8) is 0 Å². The Balaban J connectivity index is 1.89. The van der Waals surface area contributed by atoms with Crippen LogP contribution < -0.4 is 10.5 Å². The predicted octanol–water partition coefficient (Wildman–Crippen LogP) is 2.43. The molecule has 0 spiro atoms. The molecule has 1 aliphatic heterocycles. The zero-order valence-corrected chi connectivity index (χ0v) is 11.9. The van der Waals surface area contributed by atoms with Crippen molar-refractivity contribution in [1.29, 1.82) is 0 Å². The fourth-order valence-corrected chi connectivity index (χ4v) is 3.47. The lowest BCUT2D eigenvalue weighted by Crippen LogP contribution is -2.45. The molecule has 3 rings (SSSR count). The summed E-state index contributed by atoms with van der Waals surface area (Å²) in [5.74, 6) is 2.36. The van der Waals surface area contributed by atoms with E-state index in [2.05, 4.69) is 37.1 Å². The second kappa shape index (κ2) is 5.14. The molecule has 0 bridgehead atoms. The minimum Gasteiger partial charge on any atom is -0.493 e. The number of fused-ring (bicyclic) bond motifs is 1. The van der Waals surface area contributed by atoms with Crippen LogP contribution in [0.2, 0.25) is 0 Å². The lowest BCUT2D eigenvalue weighted by Gasteiger charge is -2.41. The standard InChI is InChI=1S/C16H24N2O/c1-11-10-19-15-6-4-3-5-13(15)16(11)18(2)14(9-17)12-7-8-12/h3-6,11-12,14,16H,7-10,17H2,1-2H3. The summed E-state index contributed by atoms with van der Waals surface area (Å²) in [4.78, 5) is 2.50. The predicted molar refractivity (Wildman–Crippen MR) is 77.2 cm³/mol. The lowest BCUT2D eigenvalue weighted by molar-refractivity contribution is 0.0726. The van der Waals surface area contributed by atoms with E-state index in [-0.39, 0.29) is 0 Å². The Kier molecular flexibility index (Phi) is 3.50. The maximum atomic E-state index is 6.01. The van der Waals surface area contributed by atoms with Crippen LogP contribution in [0.25, 0.3) is 0 Å². The molecule has 3 nitrogen and oxygen atoms in total. The van der Waals surface area contributed by atoms with E-state index in [0.717, 1.165) is 24.8 Å². The van der Waals surface area contributed by atoms with Crippen LogP contribution in [0.3, 0.4) is 0 Å². The van der Waals surface area contributed by atoms with E-state index in [1.54, 1.807) is 0 Å². The van der Waals surface area contributed by atoms with Crippen molar-refractivity contribution in [2.24, 2.45) is 17.6 Å². The van der Waals surface area contributed by atoms with Gasteiger partial charge in [-0.2, -0.15) is 0 Å². The van der Waals surface area contributed by atoms with Gasteiger partial charge in [0.05, 0.1) is 6.61 Å². The summed E-state index contributed by atoms with van der Waals surface area (Å²) >= 11 is 0. The minimum atomic E-state index is 0.430. The first-order chi connectivity index (χ1) is 9.22. The van der Waals surface area contributed by atoms with Crippen molar-refractivity contribution in [3.05, 3.63) is 29.8 Å². The van der Waals surface area contributed by atoms with Crippen molar-refractivity contribution >= 4 is 0 Å². The minimum absolute atomic E-state index is 0.430. The molecule has 1 heterocycles. The monoisotopic (exact) mass is 260 g/mol. The van der Waals surface area contributed by atoms with Crippen LogP contribution >= 0.6 is 0 Å². The number of likely N-dealkylation sites (N-methyl/N-ethyl adjacent to an activating group) is 1. The third kappa shape index (κ3) is 2.37. The van der Waals surface area contributed by atoms with Crippen LogP contribution in [0, 0.1) is 11.8 Å². The molecule has 0 amide bonds. The highest BCUT2D eigenvalue weighted by Crippen LogP contribution is 2.43. The van der Waals surface area contributed by atoms with E-state index in [1.165, 1.54) is 18.4 Å². The molecule has 0 aromatic heterocycles. The molecule has 3 unspecified atom stereocenters. The van der Waals surface area contributed by atoms with Crippen molar-refractivity contribution in [3.8, 4) is 5.75 Å². The van der Waals surface area contributed by atoms with E-state index in [1.807, 2.05) is 6.07 Å². The molecule has 1 aliphatic carbocycles. The van der Waals surface area contributed by atoms with Crippen LogP contribution in [0.15, 0.2) is 24.3 Å². The summed E-state index contributed by atoms with van der Waals surface area (Å²) in [6.07, 6.45) is 2.68.